The van der Waals surface area contributed by atoms with Gasteiger partial charge in [-0.2, -0.15) is 0 Å². The zero-order chi connectivity index (χ0) is 18.4. The van der Waals surface area contributed by atoms with E-state index in [0.29, 0.717) is 0 Å². The van der Waals surface area contributed by atoms with Gasteiger partial charge in [-0.25, -0.2) is 0 Å². The predicted molar refractivity (Wildman–Crippen MR) is 74.2 cm³/mol. The fraction of sp³-hybridized carbons (Fsp3) is 0.714. The van der Waals surface area contributed by atoms with E-state index in [0.717, 1.165) is 27.7 Å². The highest BCUT2D eigenvalue weighted by atomic mass is 16.7. The van der Waals surface area contributed by atoms with Gasteiger partial charge in [0.25, 0.3) is 0 Å². The normalized spacial score (nSPS) is 29.3. The van der Waals surface area contributed by atoms with Crippen molar-refractivity contribution in [3.8, 4) is 0 Å². The zero-order valence-corrected chi connectivity index (χ0v) is 13.7. The van der Waals surface area contributed by atoms with Gasteiger partial charge in [-0.05, 0) is 0 Å². The fourth-order valence-electron chi connectivity index (χ4n) is 2.21. The summed E-state index contributed by atoms with van der Waals surface area (Å²) in [6.07, 6.45) is -6.79. The summed E-state index contributed by atoms with van der Waals surface area (Å²) in [4.78, 5) is 44.9. The number of ether oxygens (including phenoxy) is 5. The Kier molecular flexibility index (Phi) is 7.11. The van der Waals surface area contributed by atoms with Crippen molar-refractivity contribution in [2.24, 2.45) is 0 Å². The molecule has 0 aromatic rings. The zero-order valence-electron chi connectivity index (χ0n) is 13.7. The van der Waals surface area contributed by atoms with Gasteiger partial charge < -0.3 is 28.8 Å². The Labute approximate surface area is 137 Å². The van der Waals surface area contributed by atoms with Crippen LogP contribution in [0.15, 0.2) is 0 Å². The maximum atomic E-state index is 11.3. The molecule has 1 rings (SSSR count). The monoisotopic (exact) mass is 348 g/mol. The van der Waals surface area contributed by atoms with Crippen LogP contribution in [0.5, 0.6) is 0 Å². The van der Waals surface area contributed by atoms with Crippen LogP contribution in [0.1, 0.15) is 27.7 Å². The van der Waals surface area contributed by atoms with E-state index >= 15 is 0 Å². The first-order chi connectivity index (χ1) is 11.1. The van der Waals surface area contributed by atoms with Crippen LogP contribution in [-0.4, -0.2) is 66.3 Å². The van der Waals surface area contributed by atoms with Crippen LogP contribution in [0, 0.1) is 0 Å². The van der Waals surface area contributed by atoms with Crippen LogP contribution in [0.2, 0.25) is 0 Å². The lowest BCUT2D eigenvalue weighted by atomic mass is 9.98. The van der Waals surface area contributed by atoms with Crippen LogP contribution in [-0.2, 0) is 42.9 Å². The molecule has 0 saturated carbocycles. The van der Waals surface area contributed by atoms with Gasteiger partial charge >= 0.3 is 23.9 Å². The van der Waals surface area contributed by atoms with E-state index in [9.17, 15) is 24.3 Å². The van der Waals surface area contributed by atoms with Gasteiger partial charge in [0.2, 0.25) is 0 Å². The quantitative estimate of drug-likeness (QED) is 0.490. The summed E-state index contributed by atoms with van der Waals surface area (Å²) in [5, 5.41) is 10.0. The average molecular weight is 348 g/mol. The number of esters is 4. The van der Waals surface area contributed by atoms with Crippen molar-refractivity contribution in [2.45, 2.75) is 58.4 Å². The first-order valence-corrected chi connectivity index (χ1v) is 7.10. The Morgan fingerprint density at radius 3 is 1.71 bits per heavy atom. The molecular formula is C14H20O10. The third-order valence-corrected chi connectivity index (χ3v) is 2.97. The van der Waals surface area contributed by atoms with E-state index in [-0.39, 0.29) is 6.61 Å². The standard InChI is InChI=1S/C14H20O10/c1-6(15)20-5-10-11(21-7(2)16)12(22-8(3)17)13(14(19)24-10)23-9(4)18/h10-14,19H,5H2,1-4H3/t10?,11-,12?,13-,14?/m1/s1. The molecule has 0 radical (unpaired) electrons. The lowest BCUT2D eigenvalue weighted by Gasteiger charge is -2.42. The van der Waals surface area contributed by atoms with Crippen molar-refractivity contribution in [1.29, 1.82) is 0 Å². The van der Waals surface area contributed by atoms with E-state index in [4.69, 9.17) is 23.7 Å². The van der Waals surface area contributed by atoms with Gasteiger partial charge in [0.15, 0.2) is 24.6 Å². The second kappa shape index (κ2) is 8.60. The summed E-state index contributed by atoms with van der Waals surface area (Å²) in [6, 6.07) is 0. The Balaban J connectivity index is 3.11. The first kappa shape index (κ1) is 19.8. The maximum absolute atomic E-state index is 11.3. The molecule has 1 heterocycles. The Hall–Kier alpha value is -2.20. The fourth-order valence-corrected chi connectivity index (χ4v) is 2.21. The molecule has 24 heavy (non-hydrogen) atoms. The molecule has 136 valence electrons. The Bertz CT molecular complexity index is 502. The third-order valence-electron chi connectivity index (χ3n) is 2.97. The Morgan fingerprint density at radius 1 is 0.792 bits per heavy atom. The molecule has 0 amide bonds. The number of carbonyl (C=O) groups excluding carboxylic acids is 4. The second-order valence-corrected chi connectivity index (χ2v) is 5.09. The van der Waals surface area contributed by atoms with Crippen molar-refractivity contribution in [3.63, 3.8) is 0 Å². The first-order valence-electron chi connectivity index (χ1n) is 7.10. The van der Waals surface area contributed by atoms with Gasteiger partial charge in [-0.3, -0.25) is 19.2 Å². The molecule has 1 aliphatic rings. The van der Waals surface area contributed by atoms with Crippen LogP contribution < -0.4 is 0 Å². The summed E-state index contributed by atoms with van der Waals surface area (Å²) in [6.45, 7) is 4.09. The molecule has 10 nitrogen and oxygen atoms in total. The van der Waals surface area contributed by atoms with E-state index in [1.54, 1.807) is 0 Å². The number of rotatable bonds is 5. The van der Waals surface area contributed by atoms with E-state index in [2.05, 4.69) is 0 Å². The molecule has 1 aliphatic heterocycles. The predicted octanol–water partition coefficient (Wildman–Crippen LogP) is -0.938. The van der Waals surface area contributed by atoms with Crippen LogP contribution in [0.25, 0.3) is 0 Å². The van der Waals surface area contributed by atoms with Gasteiger partial charge in [0, 0.05) is 27.7 Å². The molecule has 1 N–H and O–H groups in total. The minimum absolute atomic E-state index is 0.366. The highest BCUT2D eigenvalue weighted by Gasteiger charge is 2.51. The summed E-state index contributed by atoms with van der Waals surface area (Å²) >= 11 is 0. The molecule has 0 aromatic heterocycles. The molecular weight excluding hydrogens is 328 g/mol. The smallest absolute Gasteiger partial charge is 0.303 e. The van der Waals surface area contributed by atoms with Crippen molar-refractivity contribution < 1.29 is 48.0 Å². The highest BCUT2D eigenvalue weighted by molar-refractivity contribution is 5.68. The molecule has 3 unspecified atom stereocenters. The van der Waals surface area contributed by atoms with Crippen molar-refractivity contribution in [1.82, 2.24) is 0 Å². The van der Waals surface area contributed by atoms with E-state index in [1.165, 1.54) is 0 Å². The van der Waals surface area contributed by atoms with Crippen molar-refractivity contribution in [2.75, 3.05) is 6.61 Å². The molecule has 0 aromatic carbocycles. The number of hydrogen-bond acceptors (Lipinski definition) is 10. The number of aliphatic hydroxyl groups excluding tert-OH is 1. The van der Waals surface area contributed by atoms with Gasteiger partial charge in [-0.15, -0.1) is 0 Å². The van der Waals surface area contributed by atoms with Gasteiger partial charge in [0.1, 0.15) is 12.7 Å². The molecule has 1 saturated heterocycles. The third kappa shape index (κ3) is 5.78. The summed E-state index contributed by atoms with van der Waals surface area (Å²) in [5.74, 6) is -2.87. The number of carbonyl (C=O) groups is 4. The highest BCUT2D eigenvalue weighted by Crippen LogP contribution is 2.28. The SMILES string of the molecule is CC(=O)OCC1OC(O)[C@H](OC(C)=O)C(OC(C)=O)[C@@H]1OC(C)=O. The maximum Gasteiger partial charge on any atom is 0.303 e. The van der Waals surface area contributed by atoms with E-state index < -0.39 is 54.6 Å². The molecule has 0 spiro atoms. The number of aliphatic hydroxyl groups is 1. The summed E-state index contributed by atoms with van der Waals surface area (Å²) < 4.78 is 25.0. The number of hydrogen-bond donors (Lipinski definition) is 1. The molecule has 0 aliphatic carbocycles. The molecule has 1 fully saturated rings. The summed E-state index contributed by atoms with van der Waals surface area (Å²) in [7, 11) is 0. The van der Waals surface area contributed by atoms with Crippen molar-refractivity contribution in [3.05, 3.63) is 0 Å². The Morgan fingerprint density at radius 2 is 1.25 bits per heavy atom. The lowest BCUT2D eigenvalue weighted by Crippen LogP contribution is -2.62. The molecule has 10 heteroatoms. The summed E-state index contributed by atoms with van der Waals surface area (Å²) in [5.41, 5.74) is 0. The molecule has 5 atom stereocenters. The van der Waals surface area contributed by atoms with Crippen LogP contribution in [0.4, 0.5) is 0 Å². The molecule has 0 bridgehead atoms. The minimum Gasteiger partial charge on any atom is -0.463 e. The average Bonchev–Trinajstić information content (AvgIpc) is 2.42. The minimum atomic E-state index is -1.68. The van der Waals surface area contributed by atoms with Gasteiger partial charge in [0.05, 0.1) is 0 Å². The van der Waals surface area contributed by atoms with Crippen LogP contribution >= 0.6 is 0 Å². The second-order valence-electron chi connectivity index (χ2n) is 5.09. The van der Waals surface area contributed by atoms with E-state index in [1.807, 2.05) is 0 Å². The van der Waals surface area contributed by atoms with Gasteiger partial charge in [-0.1, -0.05) is 0 Å². The topological polar surface area (TPSA) is 135 Å². The lowest BCUT2D eigenvalue weighted by molar-refractivity contribution is -0.296. The largest absolute Gasteiger partial charge is 0.463 e. The van der Waals surface area contributed by atoms with Crippen molar-refractivity contribution >= 4 is 23.9 Å². The van der Waals surface area contributed by atoms with Crippen LogP contribution in [0.3, 0.4) is 0 Å².